The minimum Gasteiger partial charge on any atom is -0.466 e. The largest absolute Gasteiger partial charge is 0.466 e. The van der Waals surface area contributed by atoms with E-state index in [2.05, 4.69) is 30.1 Å². The van der Waals surface area contributed by atoms with E-state index in [1.807, 2.05) is 6.92 Å². The van der Waals surface area contributed by atoms with Crippen LogP contribution >= 0.6 is 0 Å². The van der Waals surface area contributed by atoms with Gasteiger partial charge in [0.25, 0.3) is 0 Å². The molecule has 3 heterocycles. The highest BCUT2D eigenvalue weighted by Crippen LogP contribution is 2.33. The topological polar surface area (TPSA) is 28.4 Å². The molecule has 3 unspecified atom stereocenters. The standard InChI is InChI=1S/C15H24N2O/c1-10-7-14(12(3)18-10)11(2)17-8-13-5-4-6-16-15(13)9-17/h7,11,13,15-16H,4-6,8-9H2,1-3H3. The molecule has 3 nitrogen and oxygen atoms in total. The van der Waals surface area contributed by atoms with Gasteiger partial charge in [0, 0.05) is 30.7 Å². The Bertz CT molecular complexity index is 412. The fourth-order valence-corrected chi connectivity index (χ4v) is 3.66. The monoisotopic (exact) mass is 248 g/mol. The minimum absolute atomic E-state index is 0.481. The Morgan fingerprint density at radius 2 is 2.22 bits per heavy atom. The minimum atomic E-state index is 0.481. The van der Waals surface area contributed by atoms with Crippen LogP contribution in [0.1, 0.15) is 42.9 Å². The molecule has 0 aliphatic carbocycles. The van der Waals surface area contributed by atoms with Crippen LogP contribution in [0.2, 0.25) is 0 Å². The lowest BCUT2D eigenvalue weighted by molar-refractivity contribution is 0.248. The van der Waals surface area contributed by atoms with Crippen molar-refractivity contribution >= 4 is 0 Å². The lowest BCUT2D eigenvalue weighted by atomic mass is 9.94. The van der Waals surface area contributed by atoms with Crippen LogP contribution in [0.15, 0.2) is 10.5 Å². The summed E-state index contributed by atoms with van der Waals surface area (Å²) in [4.78, 5) is 2.62. The zero-order valence-electron chi connectivity index (χ0n) is 11.7. The summed E-state index contributed by atoms with van der Waals surface area (Å²) in [5, 5.41) is 3.67. The van der Waals surface area contributed by atoms with Gasteiger partial charge in [-0.1, -0.05) is 0 Å². The fraction of sp³-hybridized carbons (Fsp3) is 0.733. The zero-order chi connectivity index (χ0) is 12.7. The number of hydrogen-bond acceptors (Lipinski definition) is 3. The Balaban J connectivity index is 1.73. The first-order chi connectivity index (χ1) is 8.65. The first kappa shape index (κ1) is 12.2. The molecule has 3 heteroatoms. The molecule has 0 bridgehead atoms. The van der Waals surface area contributed by atoms with Crippen molar-refractivity contribution < 1.29 is 4.42 Å². The molecule has 0 amide bonds. The number of likely N-dealkylation sites (tertiary alicyclic amines) is 1. The average molecular weight is 248 g/mol. The molecule has 1 aromatic rings. The smallest absolute Gasteiger partial charge is 0.105 e. The summed E-state index contributed by atoms with van der Waals surface area (Å²) in [5.74, 6) is 2.97. The number of rotatable bonds is 2. The Hall–Kier alpha value is -0.800. The van der Waals surface area contributed by atoms with E-state index < -0.39 is 0 Å². The first-order valence-electron chi connectivity index (χ1n) is 7.19. The van der Waals surface area contributed by atoms with Gasteiger partial charge in [0.1, 0.15) is 11.5 Å². The van der Waals surface area contributed by atoms with Crippen LogP contribution in [0, 0.1) is 19.8 Å². The van der Waals surface area contributed by atoms with Crippen molar-refractivity contribution in [1.82, 2.24) is 10.2 Å². The summed E-state index contributed by atoms with van der Waals surface area (Å²) in [6, 6.07) is 3.40. The number of aryl methyl sites for hydroxylation is 2. The second-order valence-corrected chi connectivity index (χ2v) is 5.96. The van der Waals surface area contributed by atoms with Crippen molar-refractivity contribution in [3.63, 3.8) is 0 Å². The highest BCUT2D eigenvalue weighted by Gasteiger charge is 2.36. The molecule has 2 saturated heterocycles. The van der Waals surface area contributed by atoms with Crippen molar-refractivity contribution in [3.05, 3.63) is 23.2 Å². The molecule has 3 atom stereocenters. The van der Waals surface area contributed by atoms with Crippen molar-refractivity contribution in [2.75, 3.05) is 19.6 Å². The van der Waals surface area contributed by atoms with Crippen LogP contribution in [0.25, 0.3) is 0 Å². The maximum atomic E-state index is 5.67. The lowest BCUT2D eigenvalue weighted by Gasteiger charge is -2.25. The molecule has 1 N–H and O–H groups in total. The van der Waals surface area contributed by atoms with Gasteiger partial charge in [-0.05, 0) is 52.1 Å². The van der Waals surface area contributed by atoms with E-state index in [9.17, 15) is 0 Å². The van der Waals surface area contributed by atoms with Crippen molar-refractivity contribution in [1.29, 1.82) is 0 Å². The van der Waals surface area contributed by atoms with Crippen LogP contribution < -0.4 is 5.32 Å². The summed E-state index contributed by atoms with van der Waals surface area (Å²) in [5.41, 5.74) is 1.37. The Morgan fingerprint density at radius 1 is 1.39 bits per heavy atom. The van der Waals surface area contributed by atoms with Crippen molar-refractivity contribution in [2.45, 2.75) is 45.7 Å². The average Bonchev–Trinajstić information content (AvgIpc) is 2.91. The van der Waals surface area contributed by atoms with E-state index in [1.165, 1.54) is 38.0 Å². The van der Waals surface area contributed by atoms with Gasteiger partial charge in [-0.2, -0.15) is 0 Å². The molecule has 0 saturated carbocycles. The highest BCUT2D eigenvalue weighted by atomic mass is 16.3. The fourth-order valence-electron chi connectivity index (χ4n) is 3.66. The van der Waals surface area contributed by atoms with Gasteiger partial charge >= 0.3 is 0 Å². The molecule has 2 aliphatic heterocycles. The van der Waals surface area contributed by atoms with Crippen molar-refractivity contribution in [3.8, 4) is 0 Å². The van der Waals surface area contributed by atoms with Gasteiger partial charge < -0.3 is 9.73 Å². The van der Waals surface area contributed by atoms with E-state index in [0.717, 1.165) is 23.5 Å². The molecule has 100 valence electrons. The van der Waals surface area contributed by atoms with Gasteiger partial charge in [0.15, 0.2) is 0 Å². The van der Waals surface area contributed by atoms with Crippen LogP contribution in [0.3, 0.4) is 0 Å². The van der Waals surface area contributed by atoms with Gasteiger partial charge in [0.2, 0.25) is 0 Å². The van der Waals surface area contributed by atoms with E-state index in [4.69, 9.17) is 4.42 Å². The maximum Gasteiger partial charge on any atom is 0.105 e. The van der Waals surface area contributed by atoms with Crippen molar-refractivity contribution in [2.24, 2.45) is 5.92 Å². The summed E-state index contributed by atoms with van der Waals surface area (Å²) in [6.07, 6.45) is 2.73. The highest BCUT2D eigenvalue weighted by molar-refractivity contribution is 5.24. The number of nitrogens with one attached hydrogen (secondary N) is 1. The summed E-state index contributed by atoms with van der Waals surface area (Å²) >= 11 is 0. The van der Waals surface area contributed by atoms with Crippen LogP contribution in [0.5, 0.6) is 0 Å². The number of nitrogens with zero attached hydrogens (tertiary/aromatic N) is 1. The van der Waals surface area contributed by atoms with Gasteiger partial charge in [-0.3, -0.25) is 4.90 Å². The third-order valence-electron chi connectivity index (χ3n) is 4.70. The lowest BCUT2D eigenvalue weighted by Crippen LogP contribution is -2.40. The number of piperidine rings is 1. The summed E-state index contributed by atoms with van der Waals surface area (Å²) < 4.78 is 5.67. The Labute approximate surface area is 110 Å². The number of furan rings is 1. The third kappa shape index (κ3) is 2.10. The summed E-state index contributed by atoms with van der Waals surface area (Å²) in [7, 11) is 0. The molecule has 0 aromatic carbocycles. The Morgan fingerprint density at radius 3 is 2.89 bits per heavy atom. The van der Waals surface area contributed by atoms with E-state index in [1.54, 1.807) is 0 Å². The zero-order valence-corrected chi connectivity index (χ0v) is 11.7. The van der Waals surface area contributed by atoms with Crippen LogP contribution in [-0.2, 0) is 0 Å². The van der Waals surface area contributed by atoms with Crippen LogP contribution in [-0.4, -0.2) is 30.6 Å². The number of fused-ring (bicyclic) bond motifs is 1. The Kier molecular flexibility index (Phi) is 3.20. The second-order valence-electron chi connectivity index (χ2n) is 5.96. The van der Waals surface area contributed by atoms with E-state index in [0.29, 0.717) is 6.04 Å². The predicted octanol–water partition coefficient (Wildman–Crippen LogP) is 2.64. The SMILES string of the molecule is Cc1cc(C(C)N2CC3CCCNC3C2)c(C)o1. The molecular formula is C15H24N2O. The molecule has 2 aliphatic rings. The molecular weight excluding hydrogens is 224 g/mol. The molecule has 2 fully saturated rings. The van der Waals surface area contributed by atoms with E-state index >= 15 is 0 Å². The van der Waals surface area contributed by atoms with Gasteiger partial charge in [-0.25, -0.2) is 0 Å². The summed E-state index contributed by atoms with van der Waals surface area (Å²) in [6.45, 7) is 10.1. The maximum absolute atomic E-state index is 5.67. The quantitative estimate of drug-likeness (QED) is 0.872. The molecule has 0 spiro atoms. The van der Waals surface area contributed by atoms with Crippen LogP contribution in [0.4, 0.5) is 0 Å². The van der Waals surface area contributed by atoms with E-state index in [-0.39, 0.29) is 0 Å². The molecule has 0 radical (unpaired) electrons. The molecule has 1 aromatic heterocycles. The van der Waals surface area contributed by atoms with Gasteiger partial charge in [0.05, 0.1) is 0 Å². The molecule has 18 heavy (non-hydrogen) atoms. The number of hydrogen-bond donors (Lipinski definition) is 1. The predicted molar refractivity (Wildman–Crippen MR) is 72.7 cm³/mol. The molecule has 3 rings (SSSR count). The second kappa shape index (κ2) is 4.71. The first-order valence-corrected chi connectivity index (χ1v) is 7.19. The third-order valence-corrected chi connectivity index (χ3v) is 4.70. The van der Waals surface area contributed by atoms with Gasteiger partial charge in [-0.15, -0.1) is 0 Å². The normalized spacial score (nSPS) is 30.4.